The summed E-state index contributed by atoms with van der Waals surface area (Å²) in [4.78, 5) is 23.0. The van der Waals surface area contributed by atoms with Crippen molar-refractivity contribution in [1.82, 2.24) is 14.9 Å². The molecule has 2 fully saturated rings. The fourth-order valence-electron chi connectivity index (χ4n) is 4.09. The maximum absolute atomic E-state index is 12.8. The van der Waals surface area contributed by atoms with E-state index in [0.717, 1.165) is 5.69 Å². The number of nitrogens with zero attached hydrogens (tertiary/aromatic N) is 3. The minimum Gasteiger partial charge on any atom is -0.387 e. The highest BCUT2D eigenvalue weighted by atomic mass is 16.5. The molecule has 0 bridgehead atoms. The van der Waals surface area contributed by atoms with Gasteiger partial charge in [0, 0.05) is 37.6 Å². The summed E-state index contributed by atoms with van der Waals surface area (Å²) < 4.78 is 5.88. The van der Waals surface area contributed by atoms with Crippen LogP contribution in [0.15, 0.2) is 42.7 Å². The van der Waals surface area contributed by atoms with Crippen LogP contribution in [0.1, 0.15) is 36.5 Å². The predicted molar refractivity (Wildman–Crippen MR) is 107 cm³/mol. The fourth-order valence-corrected chi connectivity index (χ4v) is 4.09. The van der Waals surface area contributed by atoms with E-state index < -0.39 is 17.3 Å². The summed E-state index contributed by atoms with van der Waals surface area (Å²) >= 11 is 0. The van der Waals surface area contributed by atoms with E-state index in [-0.39, 0.29) is 5.91 Å². The monoisotopic (exact) mass is 398 g/mol. The molecule has 2 aromatic rings. The van der Waals surface area contributed by atoms with Crippen LogP contribution in [0.2, 0.25) is 0 Å². The third-order valence-corrected chi connectivity index (χ3v) is 5.91. The van der Waals surface area contributed by atoms with Crippen LogP contribution in [-0.4, -0.2) is 68.0 Å². The van der Waals surface area contributed by atoms with E-state index in [1.54, 1.807) is 11.8 Å². The third kappa shape index (κ3) is 3.96. The van der Waals surface area contributed by atoms with Gasteiger partial charge in [-0.25, -0.2) is 9.97 Å². The third-order valence-electron chi connectivity index (χ3n) is 5.91. The SMILES string of the molecule is C[C@@]1(O)CCOC2(CCN(C(=O)c3cnc(Nc4ccccc4)nc3)CC2)[C@H]1O. The van der Waals surface area contributed by atoms with Gasteiger partial charge in [0.1, 0.15) is 11.7 Å². The lowest BCUT2D eigenvalue weighted by atomic mass is 9.75. The van der Waals surface area contributed by atoms with Crippen molar-refractivity contribution < 1.29 is 19.7 Å². The molecule has 2 saturated heterocycles. The molecule has 3 N–H and O–H groups in total. The summed E-state index contributed by atoms with van der Waals surface area (Å²) in [6, 6.07) is 9.57. The summed E-state index contributed by atoms with van der Waals surface area (Å²) in [7, 11) is 0. The van der Waals surface area contributed by atoms with Crippen LogP contribution in [0.25, 0.3) is 0 Å². The van der Waals surface area contributed by atoms with Crippen LogP contribution < -0.4 is 5.32 Å². The van der Waals surface area contributed by atoms with Crippen molar-refractivity contribution >= 4 is 17.5 Å². The molecule has 2 aliphatic heterocycles. The summed E-state index contributed by atoms with van der Waals surface area (Å²) in [5, 5.41) is 24.1. The first-order valence-corrected chi connectivity index (χ1v) is 9.87. The van der Waals surface area contributed by atoms with Crippen LogP contribution in [0.4, 0.5) is 11.6 Å². The number of ether oxygens (including phenoxy) is 1. The maximum Gasteiger partial charge on any atom is 0.256 e. The Morgan fingerprint density at radius 2 is 1.83 bits per heavy atom. The highest BCUT2D eigenvalue weighted by molar-refractivity contribution is 5.93. The average molecular weight is 398 g/mol. The topological polar surface area (TPSA) is 108 Å². The molecule has 0 aliphatic carbocycles. The Bertz CT molecular complexity index is 849. The molecule has 2 aliphatic rings. The molecule has 0 saturated carbocycles. The van der Waals surface area contributed by atoms with Crippen LogP contribution in [0.5, 0.6) is 0 Å². The lowest BCUT2D eigenvalue weighted by molar-refractivity contribution is -0.244. The number of carbonyl (C=O) groups is 1. The van der Waals surface area contributed by atoms with Crippen LogP contribution >= 0.6 is 0 Å². The molecule has 1 amide bonds. The van der Waals surface area contributed by atoms with Crippen LogP contribution in [-0.2, 0) is 4.74 Å². The number of hydrogen-bond acceptors (Lipinski definition) is 7. The van der Waals surface area contributed by atoms with E-state index >= 15 is 0 Å². The van der Waals surface area contributed by atoms with Gasteiger partial charge in [0.15, 0.2) is 0 Å². The normalized spacial score (nSPS) is 26.3. The standard InChI is InChI=1S/C21H26N4O4/c1-20(28)9-12-29-21(18(20)27)7-10-25(11-8-21)17(26)15-13-22-19(23-14-15)24-16-5-3-2-4-6-16/h2-6,13-14,18,27-28H,7-12H2,1H3,(H,22,23,24)/t18-,20+/m0/s1. The number of rotatable bonds is 3. The van der Waals surface area contributed by atoms with E-state index in [4.69, 9.17) is 4.74 Å². The molecule has 154 valence electrons. The quantitative estimate of drug-likeness (QED) is 0.723. The van der Waals surface area contributed by atoms with Gasteiger partial charge in [-0.1, -0.05) is 18.2 Å². The fraction of sp³-hybridized carbons (Fsp3) is 0.476. The van der Waals surface area contributed by atoms with Gasteiger partial charge >= 0.3 is 0 Å². The molecular formula is C21H26N4O4. The van der Waals surface area contributed by atoms with Gasteiger partial charge in [0.05, 0.1) is 17.8 Å². The first-order chi connectivity index (χ1) is 13.9. The Balaban J connectivity index is 1.38. The number of piperidine rings is 1. The second kappa shape index (κ2) is 7.70. The first kappa shape index (κ1) is 19.8. The lowest BCUT2D eigenvalue weighted by Crippen LogP contribution is -2.64. The molecule has 0 unspecified atom stereocenters. The number of amides is 1. The Labute approximate surface area is 169 Å². The van der Waals surface area contributed by atoms with E-state index in [1.807, 2.05) is 30.3 Å². The van der Waals surface area contributed by atoms with Gasteiger partial charge in [-0.3, -0.25) is 4.79 Å². The Morgan fingerprint density at radius 3 is 2.48 bits per heavy atom. The number of anilines is 2. The highest BCUT2D eigenvalue weighted by Crippen LogP contribution is 2.39. The minimum atomic E-state index is -1.17. The number of aliphatic hydroxyl groups excluding tert-OH is 1. The van der Waals surface area contributed by atoms with Gasteiger partial charge in [-0.05, 0) is 31.9 Å². The molecule has 1 aromatic heterocycles. The van der Waals surface area contributed by atoms with Gasteiger partial charge in [0.2, 0.25) is 5.95 Å². The van der Waals surface area contributed by atoms with E-state index in [9.17, 15) is 15.0 Å². The Morgan fingerprint density at radius 1 is 1.17 bits per heavy atom. The van der Waals surface area contributed by atoms with Crippen molar-refractivity contribution in [3.63, 3.8) is 0 Å². The molecular weight excluding hydrogens is 372 g/mol. The highest BCUT2D eigenvalue weighted by Gasteiger charge is 2.52. The van der Waals surface area contributed by atoms with Crippen molar-refractivity contribution in [2.75, 3.05) is 25.0 Å². The van der Waals surface area contributed by atoms with Crippen molar-refractivity contribution in [1.29, 1.82) is 0 Å². The van der Waals surface area contributed by atoms with E-state index in [2.05, 4.69) is 15.3 Å². The smallest absolute Gasteiger partial charge is 0.256 e. The van der Waals surface area contributed by atoms with E-state index in [0.29, 0.717) is 50.5 Å². The van der Waals surface area contributed by atoms with Crippen LogP contribution in [0, 0.1) is 0 Å². The molecule has 8 nitrogen and oxygen atoms in total. The molecule has 29 heavy (non-hydrogen) atoms. The molecule has 1 aromatic carbocycles. The number of benzene rings is 1. The zero-order chi connectivity index (χ0) is 20.5. The summed E-state index contributed by atoms with van der Waals surface area (Å²) in [5.74, 6) is 0.273. The average Bonchev–Trinajstić information content (AvgIpc) is 2.73. The first-order valence-electron chi connectivity index (χ1n) is 9.87. The molecule has 0 radical (unpaired) electrons. The summed E-state index contributed by atoms with van der Waals surface area (Å²) in [6.45, 7) is 2.93. The Kier molecular flexibility index (Phi) is 5.24. The zero-order valence-corrected chi connectivity index (χ0v) is 16.4. The molecule has 3 heterocycles. The second-order valence-corrected chi connectivity index (χ2v) is 8.00. The van der Waals surface area contributed by atoms with Gasteiger partial charge < -0.3 is 25.2 Å². The minimum absolute atomic E-state index is 0.150. The summed E-state index contributed by atoms with van der Waals surface area (Å²) in [5.41, 5.74) is -0.676. The van der Waals surface area contributed by atoms with Crippen molar-refractivity contribution in [3.05, 3.63) is 48.3 Å². The number of carbonyl (C=O) groups excluding carboxylic acids is 1. The number of nitrogens with one attached hydrogen (secondary N) is 1. The van der Waals surface area contributed by atoms with Gasteiger partial charge in [-0.2, -0.15) is 0 Å². The van der Waals surface area contributed by atoms with Crippen molar-refractivity contribution in [3.8, 4) is 0 Å². The molecule has 1 spiro atoms. The van der Waals surface area contributed by atoms with Gasteiger partial charge in [0.25, 0.3) is 5.91 Å². The predicted octanol–water partition coefficient (Wildman–Crippen LogP) is 1.73. The molecule has 4 rings (SSSR count). The summed E-state index contributed by atoms with van der Waals surface area (Å²) in [6.07, 6.45) is 3.42. The lowest BCUT2D eigenvalue weighted by Gasteiger charge is -2.51. The largest absolute Gasteiger partial charge is 0.387 e. The van der Waals surface area contributed by atoms with E-state index in [1.165, 1.54) is 12.4 Å². The second-order valence-electron chi connectivity index (χ2n) is 8.00. The van der Waals surface area contributed by atoms with Gasteiger partial charge in [-0.15, -0.1) is 0 Å². The van der Waals surface area contributed by atoms with Crippen molar-refractivity contribution in [2.45, 2.75) is 43.5 Å². The number of likely N-dealkylation sites (tertiary alicyclic amines) is 1. The number of hydrogen-bond donors (Lipinski definition) is 3. The zero-order valence-electron chi connectivity index (χ0n) is 16.4. The number of para-hydroxylation sites is 1. The molecule has 2 atom stereocenters. The van der Waals surface area contributed by atoms with Crippen LogP contribution in [0.3, 0.4) is 0 Å². The Hall–Kier alpha value is -2.55. The number of aromatic nitrogens is 2. The van der Waals surface area contributed by atoms with Crippen molar-refractivity contribution in [2.24, 2.45) is 0 Å². The number of aliphatic hydroxyl groups is 2. The molecule has 8 heteroatoms. The maximum atomic E-state index is 12.8.